The minimum Gasteiger partial charge on any atom is -0.497 e. The second-order valence-corrected chi connectivity index (χ2v) is 6.35. The molecule has 146 valence electrons. The summed E-state index contributed by atoms with van der Waals surface area (Å²) in [6, 6.07) is 10.4. The predicted molar refractivity (Wildman–Crippen MR) is 108 cm³/mol. The number of esters is 1. The van der Waals surface area contributed by atoms with Gasteiger partial charge in [0.1, 0.15) is 17.1 Å². The molecule has 2 N–H and O–H groups in total. The number of nitrogens with one attached hydrogen (secondary N) is 2. The maximum absolute atomic E-state index is 12.5. The average molecular weight is 403 g/mol. The van der Waals surface area contributed by atoms with Crippen LogP contribution in [0.3, 0.4) is 0 Å². The number of halogens is 1. The number of hydrogen-bond donors (Lipinski definition) is 2. The number of aromatic amines is 1. The fourth-order valence-corrected chi connectivity index (χ4v) is 3.12. The Balaban J connectivity index is 2.13. The van der Waals surface area contributed by atoms with Gasteiger partial charge in [0.2, 0.25) is 0 Å². The van der Waals surface area contributed by atoms with E-state index in [1.807, 2.05) is 6.07 Å². The number of anilines is 1. The normalized spacial score (nSPS) is 10.6. The Bertz CT molecular complexity index is 1090. The molecule has 0 saturated carbocycles. The lowest BCUT2D eigenvalue weighted by atomic mass is 10.1. The molecule has 0 radical (unpaired) electrons. The molecule has 0 atom stereocenters. The summed E-state index contributed by atoms with van der Waals surface area (Å²) < 4.78 is 15.4. The molecule has 8 heteroatoms. The molecule has 0 aliphatic heterocycles. The summed E-state index contributed by atoms with van der Waals surface area (Å²) in [4.78, 5) is 27.4. The van der Waals surface area contributed by atoms with Crippen molar-refractivity contribution < 1.29 is 19.0 Å². The first-order chi connectivity index (χ1) is 13.5. The maximum atomic E-state index is 12.5. The van der Waals surface area contributed by atoms with Crippen molar-refractivity contribution in [3.63, 3.8) is 0 Å². The third-order valence-electron chi connectivity index (χ3n) is 4.31. The smallest absolute Gasteiger partial charge is 0.345 e. The molecule has 0 saturated heterocycles. The van der Waals surface area contributed by atoms with Crippen molar-refractivity contribution in [1.29, 1.82) is 0 Å². The van der Waals surface area contributed by atoms with Crippen LogP contribution >= 0.6 is 11.6 Å². The van der Waals surface area contributed by atoms with E-state index in [9.17, 15) is 9.59 Å². The van der Waals surface area contributed by atoms with Gasteiger partial charge in [0, 0.05) is 22.5 Å². The van der Waals surface area contributed by atoms with Crippen LogP contribution in [0.5, 0.6) is 11.5 Å². The van der Waals surface area contributed by atoms with E-state index < -0.39 is 11.5 Å². The van der Waals surface area contributed by atoms with Gasteiger partial charge in [0.05, 0.1) is 32.5 Å². The number of aromatic nitrogens is 1. The Labute approximate surface area is 166 Å². The summed E-state index contributed by atoms with van der Waals surface area (Å²) in [5.41, 5.74) is 0.981. The number of ether oxygens (including phenoxy) is 3. The molecule has 7 nitrogen and oxygen atoms in total. The third kappa shape index (κ3) is 3.75. The molecule has 0 spiro atoms. The van der Waals surface area contributed by atoms with Crippen LogP contribution in [0.1, 0.15) is 15.9 Å². The van der Waals surface area contributed by atoms with Gasteiger partial charge in [0.25, 0.3) is 5.56 Å². The van der Waals surface area contributed by atoms with E-state index in [4.69, 9.17) is 25.8 Å². The number of H-pyrrole nitrogens is 1. The van der Waals surface area contributed by atoms with Crippen molar-refractivity contribution >= 4 is 34.2 Å². The van der Waals surface area contributed by atoms with Crippen molar-refractivity contribution in [3.05, 3.63) is 62.9 Å². The van der Waals surface area contributed by atoms with E-state index in [-0.39, 0.29) is 12.1 Å². The number of pyridine rings is 1. The van der Waals surface area contributed by atoms with Gasteiger partial charge in [0.15, 0.2) is 0 Å². The van der Waals surface area contributed by atoms with Crippen molar-refractivity contribution in [2.24, 2.45) is 0 Å². The largest absolute Gasteiger partial charge is 0.497 e. The molecule has 0 amide bonds. The molecule has 2 aromatic carbocycles. The summed E-state index contributed by atoms with van der Waals surface area (Å²) in [7, 11) is 4.35. The van der Waals surface area contributed by atoms with Gasteiger partial charge in [-0.3, -0.25) is 4.79 Å². The van der Waals surface area contributed by atoms with Crippen LogP contribution in [0.15, 0.2) is 41.2 Å². The van der Waals surface area contributed by atoms with E-state index in [0.29, 0.717) is 33.1 Å². The predicted octanol–water partition coefficient (Wildman–Crippen LogP) is 3.60. The SMILES string of the molecule is COC(=O)c1c(NCc2cc(OC)ccc2OC)c2cc(Cl)ccc2[nH]c1=O. The summed E-state index contributed by atoms with van der Waals surface area (Å²) in [5, 5.41) is 4.23. The van der Waals surface area contributed by atoms with Crippen molar-refractivity contribution in [2.45, 2.75) is 6.54 Å². The molecule has 0 aliphatic rings. The number of fused-ring (bicyclic) bond motifs is 1. The number of rotatable bonds is 6. The molecule has 3 rings (SSSR count). The zero-order valence-electron chi connectivity index (χ0n) is 15.6. The van der Waals surface area contributed by atoms with E-state index in [1.54, 1.807) is 44.6 Å². The van der Waals surface area contributed by atoms with Crippen LogP contribution in [0.25, 0.3) is 10.9 Å². The highest BCUT2D eigenvalue weighted by atomic mass is 35.5. The lowest BCUT2D eigenvalue weighted by Gasteiger charge is -2.16. The van der Waals surface area contributed by atoms with Gasteiger partial charge in [-0.2, -0.15) is 0 Å². The Morgan fingerprint density at radius 2 is 1.89 bits per heavy atom. The molecule has 0 bridgehead atoms. The van der Waals surface area contributed by atoms with Crippen LogP contribution in [-0.2, 0) is 11.3 Å². The summed E-state index contributed by atoms with van der Waals surface area (Å²) in [6.07, 6.45) is 0. The van der Waals surface area contributed by atoms with E-state index in [2.05, 4.69) is 10.3 Å². The number of hydrogen-bond acceptors (Lipinski definition) is 6. The van der Waals surface area contributed by atoms with Gasteiger partial charge in [-0.05, 0) is 36.4 Å². The first-order valence-electron chi connectivity index (χ1n) is 8.37. The molecule has 3 aromatic rings. The molecule has 1 heterocycles. The Kier molecular flexibility index (Phi) is 5.75. The summed E-state index contributed by atoms with van der Waals surface area (Å²) in [6.45, 7) is 0.273. The third-order valence-corrected chi connectivity index (χ3v) is 4.54. The van der Waals surface area contributed by atoms with Gasteiger partial charge >= 0.3 is 5.97 Å². The first kappa shape index (κ1) is 19.6. The highest BCUT2D eigenvalue weighted by Crippen LogP contribution is 2.30. The van der Waals surface area contributed by atoms with Crippen molar-refractivity contribution in [3.8, 4) is 11.5 Å². The van der Waals surface area contributed by atoms with E-state index in [0.717, 1.165) is 5.56 Å². The van der Waals surface area contributed by atoms with Gasteiger partial charge < -0.3 is 24.5 Å². The monoisotopic (exact) mass is 402 g/mol. The number of benzene rings is 2. The minimum atomic E-state index is -0.747. The van der Waals surface area contributed by atoms with E-state index in [1.165, 1.54) is 7.11 Å². The fourth-order valence-electron chi connectivity index (χ4n) is 2.95. The standard InChI is InChI=1S/C20H19ClN2O5/c1-26-13-5-7-16(27-2)11(8-13)10-22-18-14-9-12(21)4-6-15(14)23-19(24)17(18)20(25)28-3/h4-9H,10H2,1-3H3,(H2,22,23,24). The zero-order chi connectivity index (χ0) is 20.3. The Morgan fingerprint density at radius 1 is 1.11 bits per heavy atom. The van der Waals surface area contributed by atoms with Crippen LogP contribution in [0, 0.1) is 0 Å². The Hall–Kier alpha value is -3.19. The van der Waals surface area contributed by atoms with Gasteiger partial charge in [-0.1, -0.05) is 11.6 Å². The number of methoxy groups -OCH3 is 3. The number of carbonyl (C=O) groups is 1. The molecular formula is C20H19ClN2O5. The van der Waals surface area contributed by atoms with Crippen LogP contribution in [0.4, 0.5) is 5.69 Å². The molecule has 0 aliphatic carbocycles. The fraction of sp³-hybridized carbons (Fsp3) is 0.200. The Morgan fingerprint density at radius 3 is 2.57 bits per heavy atom. The quantitative estimate of drug-likeness (QED) is 0.612. The maximum Gasteiger partial charge on any atom is 0.345 e. The summed E-state index contributed by atoms with van der Waals surface area (Å²) in [5.74, 6) is 0.549. The summed E-state index contributed by atoms with van der Waals surface area (Å²) >= 11 is 6.13. The lowest BCUT2D eigenvalue weighted by Crippen LogP contribution is -2.22. The molecule has 1 aromatic heterocycles. The highest BCUT2D eigenvalue weighted by molar-refractivity contribution is 6.31. The van der Waals surface area contributed by atoms with Crippen LogP contribution < -0.4 is 20.3 Å². The second-order valence-electron chi connectivity index (χ2n) is 5.92. The van der Waals surface area contributed by atoms with Gasteiger partial charge in [-0.15, -0.1) is 0 Å². The second kappa shape index (κ2) is 8.22. The van der Waals surface area contributed by atoms with Crippen molar-refractivity contribution in [1.82, 2.24) is 4.98 Å². The molecule has 0 unspecified atom stereocenters. The average Bonchev–Trinajstić information content (AvgIpc) is 2.71. The molecule has 0 fully saturated rings. The minimum absolute atomic E-state index is 0.126. The van der Waals surface area contributed by atoms with Crippen LogP contribution in [-0.4, -0.2) is 32.3 Å². The molecular weight excluding hydrogens is 384 g/mol. The lowest BCUT2D eigenvalue weighted by molar-refractivity contribution is 0.0600. The zero-order valence-corrected chi connectivity index (χ0v) is 16.3. The van der Waals surface area contributed by atoms with E-state index >= 15 is 0 Å². The van der Waals surface area contributed by atoms with Crippen molar-refractivity contribution in [2.75, 3.05) is 26.6 Å². The number of carbonyl (C=O) groups excluding carboxylic acids is 1. The van der Waals surface area contributed by atoms with Crippen LogP contribution in [0.2, 0.25) is 5.02 Å². The molecule has 28 heavy (non-hydrogen) atoms. The highest BCUT2D eigenvalue weighted by Gasteiger charge is 2.20. The topological polar surface area (TPSA) is 89.7 Å². The first-order valence-corrected chi connectivity index (χ1v) is 8.75. The van der Waals surface area contributed by atoms with Gasteiger partial charge in [-0.25, -0.2) is 4.79 Å².